The highest BCUT2D eigenvalue weighted by Gasteiger charge is 2.15. The van der Waals surface area contributed by atoms with Gasteiger partial charge in [0.2, 0.25) is 0 Å². The number of hydrogen-bond donors (Lipinski definition) is 1. The molecule has 0 aliphatic carbocycles. The van der Waals surface area contributed by atoms with Gasteiger partial charge in [-0.05, 0) is 50.7 Å². The Hall–Kier alpha value is -1.71. The van der Waals surface area contributed by atoms with Gasteiger partial charge < -0.3 is 15.0 Å². The van der Waals surface area contributed by atoms with Gasteiger partial charge in [-0.1, -0.05) is 18.2 Å². The van der Waals surface area contributed by atoms with Crippen LogP contribution in [0.2, 0.25) is 0 Å². The normalized spacial score (nSPS) is 14.9. The SMILES string of the molecule is Cc1cccc(C)c1OCCCNC(=O)N1CCCCC1. The first-order valence-electron chi connectivity index (χ1n) is 7.90. The number of amides is 2. The highest BCUT2D eigenvalue weighted by molar-refractivity contribution is 5.74. The number of likely N-dealkylation sites (tertiary alicyclic amines) is 1. The number of aryl methyl sites for hydroxylation is 2. The van der Waals surface area contributed by atoms with Gasteiger partial charge in [0.25, 0.3) is 0 Å². The van der Waals surface area contributed by atoms with Crippen molar-refractivity contribution in [3.05, 3.63) is 29.3 Å². The van der Waals surface area contributed by atoms with Crippen LogP contribution in [0.1, 0.15) is 36.8 Å². The number of para-hydroxylation sites is 1. The minimum Gasteiger partial charge on any atom is -0.493 e. The van der Waals surface area contributed by atoms with Crippen LogP contribution in [-0.4, -0.2) is 37.2 Å². The number of nitrogens with one attached hydrogen (secondary N) is 1. The number of hydrogen-bond acceptors (Lipinski definition) is 2. The predicted molar refractivity (Wildman–Crippen MR) is 84.9 cm³/mol. The zero-order chi connectivity index (χ0) is 15.1. The standard InChI is InChI=1S/C17H26N2O2/c1-14-8-6-9-15(2)16(14)21-13-7-10-18-17(20)19-11-4-3-5-12-19/h6,8-9H,3-5,7,10-13H2,1-2H3,(H,18,20). The Morgan fingerprint density at radius 2 is 1.86 bits per heavy atom. The number of carbonyl (C=O) groups is 1. The van der Waals surface area contributed by atoms with Crippen LogP contribution in [0.3, 0.4) is 0 Å². The summed E-state index contributed by atoms with van der Waals surface area (Å²) in [5, 5.41) is 2.97. The monoisotopic (exact) mass is 290 g/mol. The molecule has 1 aromatic carbocycles. The second kappa shape index (κ2) is 7.91. The molecule has 0 saturated carbocycles. The summed E-state index contributed by atoms with van der Waals surface area (Å²) >= 11 is 0. The van der Waals surface area contributed by atoms with Gasteiger partial charge >= 0.3 is 6.03 Å². The third kappa shape index (κ3) is 4.66. The van der Waals surface area contributed by atoms with Crippen LogP contribution < -0.4 is 10.1 Å². The largest absolute Gasteiger partial charge is 0.493 e. The van der Waals surface area contributed by atoms with Crippen molar-refractivity contribution >= 4 is 6.03 Å². The molecule has 1 aliphatic heterocycles. The molecule has 2 amide bonds. The lowest BCUT2D eigenvalue weighted by atomic mass is 10.1. The lowest BCUT2D eigenvalue weighted by molar-refractivity contribution is 0.185. The number of piperidine rings is 1. The van der Waals surface area contributed by atoms with Crippen molar-refractivity contribution < 1.29 is 9.53 Å². The molecule has 21 heavy (non-hydrogen) atoms. The lowest BCUT2D eigenvalue weighted by Crippen LogP contribution is -2.43. The van der Waals surface area contributed by atoms with Crippen LogP contribution >= 0.6 is 0 Å². The van der Waals surface area contributed by atoms with Crippen molar-refractivity contribution in [3.8, 4) is 5.75 Å². The number of benzene rings is 1. The highest BCUT2D eigenvalue weighted by atomic mass is 16.5. The summed E-state index contributed by atoms with van der Waals surface area (Å²) < 4.78 is 5.83. The molecule has 116 valence electrons. The first-order valence-corrected chi connectivity index (χ1v) is 7.90. The van der Waals surface area contributed by atoms with E-state index < -0.39 is 0 Å². The molecule has 1 fully saturated rings. The van der Waals surface area contributed by atoms with Crippen LogP contribution in [0.25, 0.3) is 0 Å². The summed E-state index contributed by atoms with van der Waals surface area (Å²) in [5.41, 5.74) is 2.32. The predicted octanol–water partition coefficient (Wildman–Crippen LogP) is 3.27. The van der Waals surface area contributed by atoms with Gasteiger partial charge in [-0.15, -0.1) is 0 Å². The summed E-state index contributed by atoms with van der Waals surface area (Å²) in [4.78, 5) is 13.8. The van der Waals surface area contributed by atoms with E-state index in [1.807, 2.05) is 11.0 Å². The smallest absolute Gasteiger partial charge is 0.317 e. The fourth-order valence-electron chi connectivity index (χ4n) is 2.68. The third-order valence-electron chi connectivity index (χ3n) is 3.90. The maximum absolute atomic E-state index is 11.9. The fourth-order valence-corrected chi connectivity index (χ4v) is 2.68. The molecule has 1 aromatic rings. The van der Waals surface area contributed by atoms with E-state index >= 15 is 0 Å². The van der Waals surface area contributed by atoms with Crippen molar-refractivity contribution in [1.82, 2.24) is 10.2 Å². The molecule has 1 N–H and O–H groups in total. The zero-order valence-electron chi connectivity index (χ0n) is 13.2. The Labute approximate surface area is 127 Å². The van der Waals surface area contributed by atoms with Gasteiger partial charge in [0.1, 0.15) is 5.75 Å². The van der Waals surface area contributed by atoms with Gasteiger partial charge in [0.05, 0.1) is 6.61 Å². The van der Waals surface area contributed by atoms with Crippen LogP contribution in [0.4, 0.5) is 4.79 Å². The molecule has 4 nitrogen and oxygen atoms in total. The maximum atomic E-state index is 11.9. The van der Waals surface area contributed by atoms with Crippen molar-refractivity contribution in [1.29, 1.82) is 0 Å². The Bertz CT molecular complexity index is 448. The van der Waals surface area contributed by atoms with E-state index in [2.05, 4.69) is 31.3 Å². The van der Waals surface area contributed by atoms with Crippen molar-refractivity contribution in [2.75, 3.05) is 26.2 Å². The summed E-state index contributed by atoms with van der Waals surface area (Å²) in [7, 11) is 0. The quantitative estimate of drug-likeness (QED) is 0.846. The molecule has 2 rings (SSSR count). The molecular formula is C17H26N2O2. The van der Waals surface area contributed by atoms with Crippen LogP contribution in [0.5, 0.6) is 5.75 Å². The molecule has 1 aliphatic rings. The lowest BCUT2D eigenvalue weighted by Gasteiger charge is -2.26. The maximum Gasteiger partial charge on any atom is 0.317 e. The van der Waals surface area contributed by atoms with E-state index in [9.17, 15) is 4.79 Å². The van der Waals surface area contributed by atoms with E-state index in [1.54, 1.807) is 0 Å². The second-order valence-corrected chi connectivity index (χ2v) is 5.70. The van der Waals surface area contributed by atoms with E-state index in [0.717, 1.165) is 49.2 Å². The molecule has 0 spiro atoms. The minimum absolute atomic E-state index is 0.0711. The van der Waals surface area contributed by atoms with Gasteiger partial charge in [0, 0.05) is 19.6 Å². The van der Waals surface area contributed by atoms with Crippen molar-refractivity contribution in [2.24, 2.45) is 0 Å². The highest BCUT2D eigenvalue weighted by Crippen LogP contribution is 2.22. The number of urea groups is 1. The first-order chi connectivity index (χ1) is 10.2. The number of rotatable bonds is 5. The molecule has 0 radical (unpaired) electrons. The first kappa shape index (κ1) is 15.7. The van der Waals surface area contributed by atoms with Gasteiger partial charge in [-0.3, -0.25) is 0 Å². The Kier molecular flexibility index (Phi) is 5.90. The van der Waals surface area contributed by atoms with E-state index in [-0.39, 0.29) is 6.03 Å². The molecule has 1 saturated heterocycles. The average Bonchev–Trinajstić information content (AvgIpc) is 2.50. The third-order valence-corrected chi connectivity index (χ3v) is 3.90. The molecule has 0 unspecified atom stereocenters. The Morgan fingerprint density at radius 3 is 2.52 bits per heavy atom. The molecule has 1 heterocycles. The zero-order valence-corrected chi connectivity index (χ0v) is 13.2. The molecule has 0 aromatic heterocycles. The average molecular weight is 290 g/mol. The van der Waals surface area contributed by atoms with Crippen LogP contribution in [-0.2, 0) is 0 Å². The molecule has 0 atom stereocenters. The number of carbonyl (C=O) groups excluding carboxylic acids is 1. The summed E-state index contributed by atoms with van der Waals surface area (Å²) in [5.74, 6) is 0.972. The summed E-state index contributed by atoms with van der Waals surface area (Å²) in [6.07, 6.45) is 4.33. The summed E-state index contributed by atoms with van der Waals surface area (Å²) in [6, 6.07) is 6.22. The van der Waals surface area contributed by atoms with E-state index in [1.165, 1.54) is 6.42 Å². The minimum atomic E-state index is 0.0711. The van der Waals surface area contributed by atoms with Crippen LogP contribution in [0.15, 0.2) is 18.2 Å². The van der Waals surface area contributed by atoms with Gasteiger partial charge in [0.15, 0.2) is 0 Å². The summed E-state index contributed by atoms with van der Waals surface area (Å²) in [6.45, 7) is 7.20. The van der Waals surface area contributed by atoms with Crippen molar-refractivity contribution in [3.63, 3.8) is 0 Å². The second-order valence-electron chi connectivity index (χ2n) is 5.70. The fraction of sp³-hybridized carbons (Fsp3) is 0.588. The number of ether oxygens (including phenoxy) is 1. The van der Waals surface area contributed by atoms with Gasteiger partial charge in [-0.25, -0.2) is 4.79 Å². The van der Waals surface area contributed by atoms with Gasteiger partial charge in [-0.2, -0.15) is 0 Å². The van der Waals surface area contributed by atoms with Crippen LogP contribution in [0, 0.1) is 13.8 Å². The molecule has 4 heteroatoms. The van der Waals surface area contributed by atoms with Crippen molar-refractivity contribution in [2.45, 2.75) is 39.5 Å². The van der Waals surface area contributed by atoms with E-state index in [4.69, 9.17) is 4.74 Å². The van der Waals surface area contributed by atoms with E-state index in [0.29, 0.717) is 13.2 Å². The topological polar surface area (TPSA) is 41.6 Å². The number of nitrogens with zero attached hydrogens (tertiary/aromatic N) is 1. The molecule has 0 bridgehead atoms. The Balaban J connectivity index is 1.64. The Morgan fingerprint density at radius 1 is 1.19 bits per heavy atom. The molecular weight excluding hydrogens is 264 g/mol.